The van der Waals surface area contributed by atoms with Crippen molar-refractivity contribution in [2.24, 2.45) is 0 Å². The number of halogens is 4. The molecular weight excluding hydrogens is 433 g/mol. The van der Waals surface area contributed by atoms with Crippen LogP contribution in [0.2, 0.25) is 5.02 Å². The summed E-state index contributed by atoms with van der Waals surface area (Å²) in [6.45, 7) is 2.05. The summed E-state index contributed by atoms with van der Waals surface area (Å²) in [6.07, 6.45) is -5.01. The Labute approximate surface area is 171 Å². The standard InChI is InChI=1S/C18H18ClF3N2O4S/c1-2-28-13-5-3-12(4-6-13)24-17(25)9-10-23-29(26,27)14-7-8-16(19)15(11-14)18(20,21)22/h3-8,11,23H,2,9-10H2,1H3,(H,24,25). The van der Waals surface area contributed by atoms with E-state index in [0.29, 0.717) is 24.1 Å². The lowest BCUT2D eigenvalue weighted by Gasteiger charge is -2.12. The van der Waals surface area contributed by atoms with Gasteiger partial charge < -0.3 is 10.1 Å². The van der Waals surface area contributed by atoms with Gasteiger partial charge in [-0.05, 0) is 49.4 Å². The van der Waals surface area contributed by atoms with Crippen LogP contribution in [-0.4, -0.2) is 27.5 Å². The van der Waals surface area contributed by atoms with Crippen molar-refractivity contribution in [1.82, 2.24) is 4.72 Å². The van der Waals surface area contributed by atoms with Crippen LogP contribution in [0, 0.1) is 0 Å². The number of hydrogen-bond donors (Lipinski definition) is 2. The minimum atomic E-state index is -4.79. The molecule has 0 saturated heterocycles. The average molecular weight is 451 g/mol. The number of alkyl halides is 3. The molecular formula is C18H18ClF3N2O4S. The van der Waals surface area contributed by atoms with Crippen LogP contribution < -0.4 is 14.8 Å². The van der Waals surface area contributed by atoms with Crippen molar-refractivity contribution in [2.75, 3.05) is 18.5 Å². The van der Waals surface area contributed by atoms with Crippen LogP contribution >= 0.6 is 11.6 Å². The zero-order valence-electron chi connectivity index (χ0n) is 15.2. The molecule has 11 heteroatoms. The summed E-state index contributed by atoms with van der Waals surface area (Å²) in [5.74, 6) is 0.170. The van der Waals surface area contributed by atoms with Gasteiger partial charge in [0.25, 0.3) is 0 Å². The maximum atomic E-state index is 12.9. The van der Waals surface area contributed by atoms with Gasteiger partial charge in [-0.1, -0.05) is 11.6 Å². The van der Waals surface area contributed by atoms with Crippen LogP contribution in [0.3, 0.4) is 0 Å². The van der Waals surface area contributed by atoms with E-state index in [1.165, 1.54) is 0 Å². The van der Waals surface area contributed by atoms with Crippen molar-refractivity contribution in [3.63, 3.8) is 0 Å². The molecule has 0 saturated carbocycles. The normalized spacial score (nSPS) is 11.9. The van der Waals surface area contributed by atoms with Gasteiger partial charge in [-0.25, -0.2) is 13.1 Å². The summed E-state index contributed by atoms with van der Waals surface area (Å²) < 4.78 is 70.4. The smallest absolute Gasteiger partial charge is 0.417 e. The number of nitrogens with one attached hydrogen (secondary N) is 2. The summed E-state index contributed by atoms with van der Waals surface area (Å²) in [4.78, 5) is 11.3. The van der Waals surface area contributed by atoms with Gasteiger partial charge >= 0.3 is 6.18 Å². The summed E-state index contributed by atoms with van der Waals surface area (Å²) in [5.41, 5.74) is -0.760. The van der Waals surface area contributed by atoms with E-state index >= 15 is 0 Å². The quantitative estimate of drug-likeness (QED) is 0.635. The van der Waals surface area contributed by atoms with Crippen molar-refractivity contribution in [3.8, 4) is 5.75 Å². The second kappa shape index (κ2) is 9.47. The van der Waals surface area contributed by atoms with Gasteiger partial charge in [0.2, 0.25) is 15.9 Å². The Bertz CT molecular complexity index is 964. The first-order chi connectivity index (χ1) is 13.5. The monoisotopic (exact) mass is 450 g/mol. The number of anilines is 1. The Balaban J connectivity index is 1.94. The molecule has 0 spiro atoms. The van der Waals surface area contributed by atoms with Crippen LogP contribution in [-0.2, 0) is 21.0 Å². The lowest BCUT2D eigenvalue weighted by Crippen LogP contribution is -2.28. The molecule has 0 aromatic heterocycles. The fourth-order valence-electron chi connectivity index (χ4n) is 2.30. The molecule has 0 aliphatic carbocycles. The Morgan fingerprint density at radius 3 is 2.38 bits per heavy atom. The first-order valence-corrected chi connectivity index (χ1v) is 10.3. The molecule has 0 bridgehead atoms. The summed E-state index contributed by atoms with van der Waals surface area (Å²) >= 11 is 5.49. The number of amides is 1. The minimum Gasteiger partial charge on any atom is -0.494 e. The first-order valence-electron chi connectivity index (χ1n) is 8.42. The fourth-order valence-corrected chi connectivity index (χ4v) is 3.58. The molecule has 2 aromatic rings. The molecule has 6 nitrogen and oxygen atoms in total. The zero-order valence-corrected chi connectivity index (χ0v) is 16.8. The molecule has 0 fully saturated rings. The van der Waals surface area contributed by atoms with Crippen molar-refractivity contribution in [1.29, 1.82) is 0 Å². The lowest BCUT2D eigenvalue weighted by molar-refractivity contribution is -0.137. The molecule has 2 rings (SSSR count). The van der Waals surface area contributed by atoms with E-state index in [1.54, 1.807) is 24.3 Å². The molecule has 2 aromatic carbocycles. The highest BCUT2D eigenvalue weighted by Gasteiger charge is 2.34. The van der Waals surface area contributed by atoms with Gasteiger partial charge in [-0.2, -0.15) is 13.2 Å². The van der Waals surface area contributed by atoms with E-state index in [2.05, 4.69) is 10.0 Å². The van der Waals surface area contributed by atoms with E-state index in [-0.39, 0.29) is 13.0 Å². The third kappa shape index (κ3) is 6.62. The molecule has 0 heterocycles. The van der Waals surface area contributed by atoms with Gasteiger partial charge in [-0.3, -0.25) is 4.79 Å². The van der Waals surface area contributed by atoms with E-state index in [1.807, 2.05) is 6.92 Å². The van der Waals surface area contributed by atoms with E-state index in [9.17, 15) is 26.4 Å². The lowest BCUT2D eigenvalue weighted by atomic mass is 10.2. The Morgan fingerprint density at radius 1 is 1.14 bits per heavy atom. The molecule has 0 radical (unpaired) electrons. The number of sulfonamides is 1. The predicted octanol–water partition coefficient (Wildman–Crippen LogP) is 4.06. The topological polar surface area (TPSA) is 84.5 Å². The largest absolute Gasteiger partial charge is 0.494 e. The Morgan fingerprint density at radius 2 is 1.79 bits per heavy atom. The average Bonchev–Trinajstić information content (AvgIpc) is 2.62. The van der Waals surface area contributed by atoms with Crippen LogP contribution in [0.1, 0.15) is 18.9 Å². The van der Waals surface area contributed by atoms with Crippen LogP contribution in [0.4, 0.5) is 18.9 Å². The predicted molar refractivity (Wildman–Crippen MR) is 103 cm³/mol. The fraction of sp³-hybridized carbons (Fsp3) is 0.278. The SMILES string of the molecule is CCOc1ccc(NC(=O)CCNS(=O)(=O)c2ccc(Cl)c(C(F)(F)F)c2)cc1. The van der Waals surface area contributed by atoms with Gasteiger partial charge in [0, 0.05) is 18.7 Å². The molecule has 0 atom stereocenters. The summed E-state index contributed by atoms with van der Waals surface area (Å²) in [7, 11) is -4.25. The van der Waals surface area contributed by atoms with Gasteiger partial charge in [0.1, 0.15) is 5.75 Å². The number of hydrogen-bond acceptors (Lipinski definition) is 4. The zero-order chi connectivity index (χ0) is 21.7. The van der Waals surface area contributed by atoms with Crippen molar-refractivity contribution >= 4 is 33.2 Å². The first kappa shape index (κ1) is 23.0. The molecule has 2 N–H and O–H groups in total. The number of ether oxygens (including phenoxy) is 1. The van der Waals surface area contributed by atoms with Gasteiger partial charge in [0.15, 0.2) is 0 Å². The maximum absolute atomic E-state index is 12.9. The molecule has 29 heavy (non-hydrogen) atoms. The Hall–Kier alpha value is -2.30. The van der Waals surface area contributed by atoms with Crippen molar-refractivity contribution in [3.05, 3.63) is 53.1 Å². The minimum absolute atomic E-state index is 0.216. The highest BCUT2D eigenvalue weighted by molar-refractivity contribution is 7.89. The summed E-state index contributed by atoms with van der Waals surface area (Å²) in [6, 6.07) is 8.85. The highest BCUT2D eigenvalue weighted by atomic mass is 35.5. The summed E-state index contributed by atoms with van der Waals surface area (Å²) in [5, 5.41) is 1.97. The maximum Gasteiger partial charge on any atom is 0.417 e. The molecule has 1 amide bonds. The van der Waals surface area contributed by atoms with Crippen molar-refractivity contribution < 1.29 is 31.1 Å². The van der Waals surface area contributed by atoms with E-state index in [0.717, 1.165) is 12.1 Å². The third-order valence-corrected chi connectivity index (χ3v) is 5.44. The third-order valence-electron chi connectivity index (χ3n) is 3.65. The Kier molecular flexibility index (Phi) is 7.50. The van der Waals surface area contributed by atoms with Gasteiger partial charge in [-0.15, -0.1) is 0 Å². The van der Waals surface area contributed by atoms with Crippen LogP contribution in [0.15, 0.2) is 47.4 Å². The number of rotatable bonds is 8. The second-order valence-electron chi connectivity index (χ2n) is 5.79. The molecule has 158 valence electrons. The van der Waals surface area contributed by atoms with Crippen LogP contribution in [0.5, 0.6) is 5.75 Å². The molecule has 0 unspecified atom stereocenters. The van der Waals surface area contributed by atoms with E-state index in [4.69, 9.17) is 16.3 Å². The van der Waals surface area contributed by atoms with Crippen molar-refractivity contribution in [2.45, 2.75) is 24.4 Å². The van der Waals surface area contributed by atoms with E-state index < -0.39 is 37.6 Å². The molecule has 0 aliphatic heterocycles. The van der Waals surface area contributed by atoms with Crippen LogP contribution in [0.25, 0.3) is 0 Å². The number of carbonyl (C=O) groups excluding carboxylic acids is 1. The van der Waals surface area contributed by atoms with Gasteiger partial charge in [0.05, 0.1) is 22.1 Å². The highest BCUT2D eigenvalue weighted by Crippen LogP contribution is 2.35. The number of carbonyl (C=O) groups is 1. The number of benzene rings is 2. The molecule has 0 aliphatic rings. The second-order valence-corrected chi connectivity index (χ2v) is 7.97.